The molecule has 0 fully saturated rings. The molecule has 0 heterocycles. The number of aliphatic imine (C=N–C) groups is 1. The zero-order valence-electron chi connectivity index (χ0n) is 12.2. The Morgan fingerprint density at radius 1 is 1.32 bits per heavy atom. The van der Waals surface area contributed by atoms with Gasteiger partial charge in [-0.2, -0.15) is 0 Å². The summed E-state index contributed by atoms with van der Waals surface area (Å²) in [6, 6.07) is 0. The summed E-state index contributed by atoms with van der Waals surface area (Å²) in [5.41, 5.74) is 0. The van der Waals surface area contributed by atoms with E-state index < -0.39 is 12.2 Å². The van der Waals surface area contributed by atoms with E-state index in [0.717, 1.165) is 24.6 Å². The van der Waals surface area contributed by atoms with E-state index in [2.05, 4.69) is 17.2 Å². The molecule has 19 heavy (non-hydrogen) atoms. The number of thioether (sulfide) groups is 1. The smallest absolute Gasteiger partial charge is 0.156 e. The van der Waals surface area contributed by atoms with Crippen molar-refractivity contribution in [2.75, 3.05) is 20.2 Å². The van der Waals surface area contributed by atoms with E-state index in [1.165, 1.54) is 0 Å². The third kappa shape index (κ3) is 9.27. The summed E-state index contributed by atoms with van der Waals surface area (Å²) >= 11 is 1.56. The standard InChI is InChI=1S/C13H28N2O3S/c1-4-5-7-15-13(14-3)19-10(2)9-12(18)11(17)6-8-16/h10-12,16-18H,4-9H2,1-3H3,(H,14,15)/t10?,11-,12-/m1/s1. The highest BCUT2D eigenvalue weighted by molar-refractivity contribution is 8.14. The first-order valence-electron chi connectivity index (χ1n) is 6.89. The Kier molecular flexibility index (Phi) is 11.3. The van der Waals surface area contributed by atoms with Gasteiger partial charge in [-0.3, -0.25) is 4.99 Å². The summed E-state index contributed by atoms with van der Waals surface area (Å²) in [6.45, 7) is 4.92. The quantitative estimate of drug-likeness (QED) is 0.289. The van der Waals surface area contributed by atoms with Crippen LogP contribution in [-0.2, 0) is 0 Å². The average molecular weight is 292 g/mol. The van der Waals surface area contributed by atoms with Crippen molar-refractivity contribution in [1.29, 1.82) is 0 Å². The largest absolute Gasteiger partial charge is 0.396 e. The van der Waals surface area contributed by atoms with Crippen LogP contribution >= 0.6 is 11.8 Å². The molecule has 0 amide bonds. The number of aliphatic hydroxyl groups excluding tert-OH is 3. The molecule has 0 bridgehead atoms. The highest BCUT2D eigenvalue weighted by atomic mass is 32.2. The SMILES string of the molecule is CCCCNC(=NC)SC(C)C[C@@H](O)[C@H](O)CCO. The van der Waals surface area contributed by atoms with Gasteiger partial charge in [0.15, 0.2) is 5.17 Å². The van der Waals surface area contributed by atoms with Crippen LogP contribution in [0.25, 0.3) is 0 Å². The van der Waals surface area contributed by atoms with Crippen LogP contribution in [-0.4, -0.2) is 58.1 Å². The Morgan fingerprint density at radius 3 is 2.53 bits per heavy atom. The first kappa shape index (κ1) is 18.7. The van der Waals surface area contributed by atoms with Crippen molar-refractivity contribution in [2.24, 2.45) is 4.99 Å². The van der Waals surface area contributed by atoms with Gasteiger partial charge in [-0.25, -0.2) is 0 Å². The van der Waals surface area contributed by atoms with Crippen molar-refractivity contribution < 1.29 is 15.3 Å². The molecule has 0 rings (SSSR count). The number of unbranched alkanes of at least 4 members (excludes halogenated alkanes) is 1. The molecule has 6 heteroatoms. The molecule has 114 valence electrons. The summed E-state index contributed by atoms with van der Waals surface area (Å²) in [5.74, 6) is 0. The van der Waals surface area contributed by atoms with E-state index >= 15 is 0 Å². The van der Waals surface area contributed by atoms with Crippen LogP contribution in [0.4, 0.5) is 0 Å². The summed E-state index contributed by atoms with van der Waals surface area (Å²) in [6.07, 6.45) is 1.26. The topological polar surface area (TPSA) is 85.1 Å². The van der Waals surface area contributed by atoms with Gasteiger partial charge < -0.3 is 20.6 Å². The fourth-order valence-corrected chi connectivity index (χ4v) is 2.57. The molecule has 0 aromatic heterocycles. The fourth-order valence-electron chi connectivity index (χ4n) is 1.61. The fraction of sp³-hybridized carbons (Fsp3) is 0.923. The third-order valence-corrected chi connectivity index (χ3v) is 3.91. The van der Waals surface area contributed by atoms with Crippen LogP contribution in [0, 0.1) is 0 Å². The monoisotopic (exact) mass is 292 g/mol. The lowest BCUT2D eigenvalue weighted by atomic mass is 10.1. The molecule has 1 unspecified atom stereocenters. The summed E-state index contributed by atoms with van der Waals surface area (Å²) < 4.78 is 0. The minimum Gasteiger partial charge on any atom is -0.396 e. The lowest BCUT2D eigenvalue weighted by Crippen LogP contribution is -2.30. The molecule has 0 aromatic rings. The normalized spacial score (nSPS) is 17.1. The summed E-state index contributed by atoms with van der Waals surface area (Å²) in [4.78, 5) is 4.17. The van der Waals surface area contributed by atoms with Crippen molar-refractivity contribution in [3.05, 3.63) is 0 Å². The van der Waals surface area contributed by atoms with E-state index in [1.54, 1.807) is 18.8 Å². The molecule has 0 aliphatic carbocycles. The van der Waals surface area contributed by atoms with Crippen molar-refractivity contribution in [3.8, 4) is 0 Å². The van der Waals surface area contributed by atoms with E-state index in [4.69, 9.17) is 5.11 Å². The molecule has 0 aliphatic heterocycles. The second-order valence-electron chi connectivity index (χ2n) is 4.62. The molecule has 0 saturated heterocycles. The Labute approximate surface area is 120 Å². The molecule has 0 saturated carbocycles. The molecular weight excluding hydrogens is 264 g/mol. The second-order valence-corrected chi connectivity index (χ2v) is 6.05. The molecule has 0 radical (unpaired) electrons. The van der Waals surface area contributed by atoms with E-state index in [-0.39, 0.29) is 18.3 Å². The highest BCUT2D eigenvalue weighted by Gasteiger charge is 2.19. The third-order valence-electron chi connectivity index (χ3n) is 2.76. The van der Waals surface area contributed by atoms with Gasteiger partial charge in [0.1, 0.15) is 0 Å². The maximum absolute atomic E-state index is 9.78. The van der Waals surface area contributed by atoms with Gasteiger partial charge in [-0.05, 0) is 19.3 Å². The van der Waals surface area contributed by atoms with Crippen molar-refractivity contribution >= 4 is 16.9 Å². The summed E-state index contributed by atoms with van der Waals surface area (Å²) in [5, 5.41) is 32.3. The van der Waals surface area contributed by atoms with Crippen LogP contribution in [0.3, 0.4) is 0 Å². The molecular formula is C13H28N2O3S. The predicted molar refractivity (Wildman–Crippen MR) is 81.7 cm³/mol. The Hall–Kier alpha value is -0.300. The predicted octanol–water partition coefficient (Wildman–Crippen LogP) is 0.978. The van der Waals surface area contributed by atoms with Crippen LogP contribution < -0.4 is 5.32 Å². The van der Waals surface area contributed by atoms with Crippen molar-refractivity contribution in [2.45, 2.75) is 57.0 Å². The minimum absolute atomic E-state index is 0.111. The Balaban J connectivity index is 4.02. The maximum atomic E-state index is 9.78. The lowest BCUT2D eigenvalue weighted by molar-refractivity contribution is 0.00165. The molecule has 5 nitrogen and oxygen atoms in total. The number of rotatable bonds is 9. The second kappa shape index (κ2) is 11.5. The van der Waals surface area contributed by atoms with Gasteiger partial charge in [0, 0.05) is 25.4 Å². The minimum atomic E-state index is -0.858. The highest BCUT2D eigenvalue weighted by Crippen LogP contribution is 2.19. The van der Waals surface area contributed by atoms with Gasteiger partial charge in [-0.15, -0.1) is 0 Å². The zero-order valence-corrected chi connectivity index (χ0v) is 13.0. The molecule has 0 aliphatic rings. The average Bonchev–Trinajstić information content (AvgIpc) is 2.37. The first-order valence-corrected chi connectivity index (χ1v) is 7.77. The van der Waals surface area contributed by atoms with Crippen LogP contribution in [0.1, 0.15) is 39.5 Å². The van der Waals surface area contributed by atoms with Crippen molar-refractivity contribution in [1.82, 2.24) is 5.32 Å². The number of nitrogens with one attached hydrogen (secondary N) is 1. The Morgan fingerprint density at radius 2 is 2.00 bits per heavy atom. The van der Waals surface area contributed by atoms with Gasteiger partial charge in [0.2, 0.25) is 0 Å². The van der Waals surface area contributed by atoms with Crippen LogP contribution in [0.2, 0.25) is 0 Å². The number of amidine groups is 1. The van der Waals surface area contributed by atoms with E-state index in [9.17, 15) is 10.2 Å². The van der Waals surface area contributed by atoms with Gasteiger partial charge in [0.05, 0.1) is 12.2 Å². The maximum Gasteiger partial charge on any atom is 0.156 e. The zero-order chi connectivity index (χ0) is 14.7. The summed E-state index contributed by atoms with van der Waals surface area (Å²) in [7, 11) is 1.74. The molecule has 0 spiro atoms. The van der Waals surface area contributed by atoms with Gasteiger partial charge in [-0.1, -0.05) is 32.0 Å². The van der Waals surface area contributed by atoms with Crippen molar-refractivity contribution in [3.63, 3.8) is 0 Å². The number of nitrogens with zero attached hydrogens (tertiary/aromatic N) is 1. The van der Waals surface area contributed by atoms with Crippen LogP contribution in [0.5, 0.6) is 0 Å². The van der Waals surface area contributed by atoms with Gasteiger partial charge in [0.25, 0.3) is 0 Å². The number of hydrogen-bond acceptors (Lipinski definition) is 5. The molecule has 3 atom stereocenters. The lowest BCUT2D eigenvalue weighted by Gasteiger charge is -2.21. The first-order chi connectivity index (χ1) is 9.04. The molecule has 4 N–H and O–H groups in total. The number of hydrogen-bond donors (Lipinski definition) is 4. The van der Waals surface area contributed by atoms with Gasteiger partial charge >= 0.3 is 0 Å². The Bertz CT molecular complexity index is 252. The van der Waals surface area contributed by atoms with E-state index in [0.29, 0.717) is 6.42 Å². The molecule has 0 aromatic carbocycles. The number of aliphatic hydroxyl groups is 3. The van der Waals surface area contributed by atoms with Crippen LogP contribution in [0.15, 0.2) is 4.99 Å². The van der Waals surface area contributed by atoms with E-state index in [1.807, 2.05) is 6.92 Å².